The molecule has 3 heterocycles. The number of phenolic OH excluding ortho intramolecular Hbond substituents is 1. The first kappa shape index (κ1) is 17.1. The monoisotopic (exact) mass is 358 g/mol. The first-order valence-corrected chi connectivity index (χ1v) is 9.34. The molecule has 0 saturated carbocycles. The van der Waals surface area contributed by atoms with Gasteiger partial charge in [-0.2, -0.15) is 0 Å². The van der Waals surface area contributed by atoms with Gasteiger partial charge in [-0.3, -0.25) is 9.79 Å². The second-order valence-corrected chi connectivity index (χ2v) is 7.30. The Morgan fingerprint density at radius 3 is 2.38 bits per heavy atom. The smallest absolute Gasteiger partial charge is 0.251 e. The van der Waals surface area contributed by atoms with Crippen LogP contribution in [0.5, 0.6) is 5.75 Å². The lowest BCUT2D eigenvalue weighted by molar-refractivity contribution is 0.0767. The van der Waals surface area contributed by atoms with Gasteiger partial charge in [-0.05, 0) is 37.1 Å². The fourth-order valence-electron chi connectivity index (χ4n) is 4.53. The predicted octanol–water partition coefficient (Wildman–Crippen LogP) is 0.807. The van der Waals surface area contributed by atoms with E-state index in [0.29, 0.717) is 42.7 Å². The quantitative estimate of drug-likeness (QED) is 0.421. The number of aromatic hydroxyl groups is 1. The van der Waals surface area contributed by atoms with Crippen molar-refractivity contribution in [1.29, 1.82) is 0 Å². The minimum atomic E-state index is -0.147. The normalized spacial score (nSPS) is 29.7. The number of ether oxygens (including phenoxy) is 1. The summed E-state index contributed by atoms with van der Waals surface area (Å²) in [7, 11) is 1.80. The van der Waals surface area contributed by atoms with Crippen molar-refractivity contribution in [2.24, 2.45) is 16.8 Å². The lowest BCUT2D eigenvalue weighted by Gasteiger charge is -2.23. The molecule has 1 aromatic rings. The van der Waals surface area contributed by atoms with Gasteiger partial charge >= 0.3 is 0 Å². The molecular formula is C19H26N4O3. The van der Waals surface area contributed by atoms with E-state index in [-0.39, 0.29) is 11.7 Å². The van der Waals surface area contributed by atoms with Gasteiger partial charge in [-0.25, -0.2) is 0 Å². The minimum Gasteiger partial charge on any atom is -0.508 e. The fraction of sp³-hybridized carbons (Fsp3) is 0.579. The molecule has 1 aromatic carbocycles. The lowest BCUT2D eigenvalue weighted by atomic mass is 9.82. The van der Waals surface area contributed by atoms with Crippen LogP contribution in [0.15, 0.2) is 29.3 Å². The lowest BCUT2D eigenvalue weighted by Crippen LogP contribution is -2.44. The van der Waals surface area contributed by atoms with Crippen molar-refractivity contribution in [3.8, 4) is 5.75 Å². The molecule has 7 heteroatoms. The van der Waals surface area contributed by atoms with Crippen LogP contribution >= 0.6 is 0 Å². The van der Waals surface area contributed by atoms with E-state index < -0.39 is 0 Å². The first-order chi connectivity index (χ1) is 12.7. The molecule has 3 aliphatic rings. The highest BCUT2D eigenvalue weighted by molar-refractivity contribution is 5.94. The van der Waals surface area contributed by atoms with E-state index in [1.807, 2.05) is 0 Å². The highest BCUT2D eigenvalue weighted by atomic mass is 16.5. The zero-order valence-electron chi connectivity index (χ0n) is 15.0. The molecule has 4 atom stereocenters. The van der Waals surface area contributed by atoms with Crippen LogP contribution in [0.4, 0.5) is 0 Å². The van der Waals surface area contributed by atoms with Crippen LogP contribution in [0.25, 0.3) is 0 Å². The average molecular weight is 358 g/mol. The number of rotatable bonds is 4. The van der Waals surface area contributed by atoms with E-state index >= 15 is 0 Å². The maximum atomic E-state index is 12.1. The number of fused-ring (bicyclic) bond motifs is 5. The summed E-state index contributed by atoms with van der Waals surface area (Å²) in [5, 5.41) is 15.5. The number of benzene rings is 1. The van der Waals surface area contributed by atoms with Gasteiger partial charge < -0.3 is 25.4 Å². The molecule has 1 amide bonds. The van der Waals surface area contributed by atoms with Gasteiger partial charge in [0.1, 0.15) is 5.75 Å². The largest absolute Gasteiger partial charge is 0.508 e. The van der Waals surface area contributed by atoms with Crippen LogP contribution in [0, 0.1) is 11.8 Å². The number of carbonyl (C=O) groups excluding carboxylic acids is 1. The Labute approximate surface area is 153 Å². The van der Waals surface area contributed by atoms with Crippen molar-refractivity contribution in [1.82, 2.24) is 15.5 Å². The summed E-state index contributed by atoms with van der Waals surface area (Å²) < 4.78 is 6.03. The van der Waals surface area contributed by atoms with Gasteiger partial charge in [0.15, 0.2) is 5.96 Å². The molecule has 3 fully saturated rings. The Bertz CT molecular complexity index is 673. The summed E-state index contributed by atoms with van der Waals surface area (Å²) in [5.74, 6) is 2.19. The Morgan fingerprint density at radius 2 is 1.77 bits per heavy atom. The number of amides is 1. The highest BCUT2D eigenvalue weighted by Crippen LogP contribution is 2.47. The van der Waals surface area contributed by atoms with Gasteiger partial charge in [0.25, 0.3) is 5.91 Å². The van der Waals surface area contributed by atoms with E-state index in [0.717, 1.165) is 19.0 Å². The summed E-state index contributed by atoms with van der Waals surface area (Å²) in [6.45, 7) is 3.14. The average Bonchev–Trinajstić information content (AvgIpc) is 3.35. The molecule has 0 aliphatic carbocycles. The molecule has 140 valence electrons. The topological polar surface area (TPSA) is 86.2 Å². The van der Waals surface area contributed by atoms with Gasteiger partial charge in [-0.15, -0.1) is 0 Å². The molecule has 0 radical (unpaired) electrons. The zero-order valence-corrected chi connectivity index (χ0v) is 15.0. The molecule has 4 unspecified atom stereocenters. The standard InChI is InChI=1S/C19H26N4O3/c1-20-19(23-10-14-15(11-23)17-7-6-16(14)26-17)22-9-8-21-18(25)12-2-4-13(24)5-3-12/h2-5,14-17,24H,6-11H2,1H3,(H,20,22)(H,21,25). The van der Waals surface area contributed by atoms with Crippen LogP contribution in [0.2, 0.25) is 0 Å². The van der Waals surface area contributed by atoms with Gasteiger partial charge in [0, 0.05) is 50.6 Å². The van der Waals surface area contributed by atoms with Crippen molar-refractivity contribution in [2.75, 3.05) is 33.2 Å². The summed E-state index contributed by atoms with van der Waals surface area (Å²) in [5.41, 5.74) is 0.537. The molecule has 0 spiro atoms. The van der Waals surface area contributed by atoms with Crippen molar-refractivity contribution in [2.45, 2.75) is 25.0 Å². The van der Waals surface area contributed by atoms with Crippen LogP contribution in [-0.2, 0) is 4.74 Å². The Balaban J connectivity index is 1.23. The van der Waals surface area contributed by atoms with E-state index in [1.165, 1.54) is 25.0 Å². The number of nitrogens with one attached hydrogen (secondary N) is 2. The summed E-state index contributed by atoms with van der Waals surface area (Å²) in [6, 6.07) is 6.24. The number of hydrogen-bond donors (Lipinski definition) is 3. The predicted molar refractivity (Wildman–Crippen MR) is 98.2 cm³/mol. The SMILES string of the molecule is CN=C(NCCNC(=O)c1ccc(O)cc1)N1CC2C3CCC(O3)C2C1. The number of likely N-dealkylation sites (tertiary alicyclic amines) is 1. The van der Waals surface area contributed by atoms with Crippen molar-refractivity contribution >= 4 is 11.9 Å². The minimum absolute atomic E-state index is 0.147. The molecule has 3 aliphatic heterocycles. The van der Waals surface area contributed by atoms with Crippen LogP contribution < -0.4 is 10.6 Å². The number of nitrogens with zero attached hydrogens (tertiary/aromatic N) is 2. The second kappa shape index (κ2) is 7.15. The van der Waals surface area contributed by atoms with E-state index in [1.54, 1.807) is 19.2 Å². The van der Waals surface area contributed by atoms with Crippen molar-refractivity contribution in [3.05, 3.63) is 29.8 Å². The zero-order chi connectivity index (χ0) is 18.1. The Kier molecular flexibility index (Phi) is 4.72. The van der Waals surface area contributed by atoms with E-state index in [9.17, 15) is 9.90 Å². The van der Waals surface area contributed by atoms with Gasteiger partial charge in [0.05, 0.1) is 12.2 Å². The number of aliphatic imine (C=N–C) groups is 1. The van der Waals surface area contributed by atoms with E-state index in [2.05, 4.69) is 20.5 Å². The summed E-state index contributed by atoms with van der Waals surface area (Å²) in [4.78, 5) is 18.8. The summed E-state index contributed by atoms with van der Waals surface area (Å²) in [6.07, 6.45) is 3.29. The maximum absolute atomic E-state index is 12.1. The maximum Gasteiger partial charge on any atom is 0.251 e. The van der Waals surface area contributed by atoms with Crippen molar-refractivity contribution < 1.29 is 14.6 Å². The number of carbonyl (C=O) groups is 1. The third-order valence-electron chi connectivity index (χ3n) is 5.79. The van der Waals surface area contributed by atoms with Gasteiger partial charge in [0.2, 0.25) is 0 Å². The highest BCUT2D eigenvalue weighted by Gasteiger charge is 2.53. The first-order valence-electron chi connectivity index (χ1n) is 9.34. The molecule has 26 heavy (non-hydrogen) atoms. The molecular weight excluding hydrogens is 332 g/mol. The molecule has 7 nitrogen and oxygen atoms in total. The third-order valence-corrected chi connectivity index (χ3v) is 5.79. The molecule has 4 rings (SSSR count). The second-order valence-electron chi connectivity index (χ2n) is 7.30. The van der Waals surface area contributed by atoms with Crippen LogP contribution in [0.1, 0.15) is 23.2 Å². The Morgan fingerprint density at radius 1 is 1.15 bits per heavy atom. The Hall–Kier alpha value is -2.28. The van der Waals surface area contributed by atoms with Crippen LogP contribution in [0.3, 0.4) is 0 Å². The third kappa shape index (κ3) is 3.23. The number of guanidine groups is 1. The number of phenols is 1. The van der Waals surface area contributed by atoms with E-state index in [4.69, 9.17) is 4.74 Å². The number of hydrogen-bond acceptors (Lipinski definition) is 4. The molecule has 2 bridgehead atoms. The molecule has 0 aromatic heterocycles. The van der Waals surface area contributed by atoms with Crippen LogP contribution in [-0.4, -0.2) is 67.3 Å². The van der Waals surface area contributed by atoms with Crippen molar-refractivity contribution in [3.63, 3.8) is 0 Å². The molecule has 3 saturated heterocycles. The molecule has 3 N–H and O–H groups in total. The van der Waals surface area contributed by atoms with Gasteiger partial charge in [-0.1, -0.05) is 0 Å². The summed E-state index contributed by atoms with van der Waals surface area (Å²) >= 11 is 0. The fourth-order valence-corrected chi connectivity index (χ4v) is 4.53.